The van der Waals surface area contributed by atoms with Gasteiger partial charge in [-0.2, -0.15) is 5.10 Å². The minimum Gasteiger partial charge on any atom is -0.308 e. The zero-order chi connectivity index (χ0) is 23.5. The first-order valence-electron chi connectivity index (χ1n) is 10.9. The number of aromatic amines is 1. The third kappa shape index (κ3) is 4.97. The van der Waals surface area contributed by atoms with E-state index in [1.165, 1.54) is 6.07 Å². The highest BCUT2D eigenvalue weighted by Crippen LogP contribution is 2.31. The summed E-state index contributed by atoms with van der Waals surface area (Å²) in [5.41, 5.74) is 2.05. The Hall–Kier alpha value is -3.89. The number of rotatable bonds is 9. The molecule has 0 aliphatic carbocycles. The predicted molar refractivity (Wildman–Crippen MR) is 122 cm³/mol. The molecule has 0 saturated carbocycles. The summed E-state index contributed by atoms with van der Waals surface area (Å²) in [5.74, 6) is 3.07. The maximum Gasteiger partial charge on any atom is 0.298 e. The molecule has 0 radical (unpaired) electrons. The van der Waals surface area contributed by atoms with E-state index in [4.69, 9.17) is 10.1 Å². The van der Waals surface area contributed by atoms with Gasteiger partial charge in [0.05, 0.1) is 11.5 Å². The maximum absolute atomic E-state index is 11.5. The molecule has 1 aromatic carbocycles. The van der Waals surface area contributed by atoms with E-state index < -0.39 is 4.92 Å². The molecule has 0 spiro atoms. The molecule has 0 saturated heterocycles. The van der Waals surface area contributed by atoms with Crippen molar-refractivity contribution in [2.45, 2.75) is 47.1 Å². The SMILES string of the molecule is CC(C)Cc1nc(CC(C)C)n(Cc2ccc(-n3ccc([N+](=O)[O-])c3-c3nnn[nH]3)cc2)n1. The molecule has 33 heavy (non-hydrogen) atoms. The Morgan fingerprint density at radius 2 is 1.79 bits per heavy atom. The van der Waals surface area contributed by atoms with Crippen molar-refractivity contribution in [1.82, 2.24) is 40.0 Å². The van der Waals surface area contributed by atoms with Crippen LogP contribution in [-0.2, 0) is 19.4 Å². The number of benzene rings is 1. The molecule has 11 nitrogen and oxygen atoms in total. The minimum absolute atomic E-state index is 0.0729. The molecule has 172 valence electrons. The number of hydrogen-bond donors (Lipinski definition) is 1. The Kier molecular flexibility index (Phi) is 6.29. The van der Waals surface area contributed by atoms with Crippen molar-refractivity contribution >= 4 is 5.69 Å². The first kappa shape index (κ1) is 22.3. The van der Waals surface area contributed by atoms with Gasteiger partial charge in [-0.1, -0.05) is 39.8 Å². The van der Waals surface area contributed by atoms with Crippen molar-refractivity contribution in [1.29, 1.82) is 0 Å². The van der Waals surface area contributed by atoms with Crippen LogP contribution < -0.4 is 0 Å². The molecule has 4 aromatic rings. The van der Waals surface area contributed by atoms with E-state index in [1.54, 1.807) is 10.8 Å². The fourth-order valence-electron chi connectivity index (χ4n) is 3.73. The molecule has 0 atom stereocenters. The largest absolute Gasteiger partial charge is 0.308 e. The van der Waals surface area contributed by atoms with Gasteiger partial charge in [0.15, 0.2) is 11.5 Å². The Balaban J connectivity index is 1.62. The van der Waals surface area contributed by atoms with Gasteiger partial charge < -0.3 is 4.57 Å². The second kappa shape index (κ2) is 9.31. The lowest BCUT2D eigenvalue weighted by Crippen LogP contribution is -2.09. The molecule has 1 N–H and O–H groups in total. The van der Waals surface area contributed by atoms with Crippen LogP contribution in [0.2, 0.25) is 0 Å². The average Bonchev–Trinajstić information content (AvgIpc) is 3.48. The normalized spacial score (nSPS) is 11.6. The van der Waals surface area contributed by atoms with Gasteiger partial charge in [0.1, 0.15) is 5.82 Å². The predicted octanol–water partition coefficient (Wildman–Crippen LogP) is 3.60. The molecule has 0 unspecified atom stereocenters. The Bertz CT molecular complexity index is 1220. The number of nitrogens with zero attached hydrogens (tertiary/aromatic N) is 8. The summed E-state index contributed by atoms with van der Waals surface area (Å²) in [6.45, 7) is 9.28. The van der Waals surface area contributed by atoms with E-state index >= 15 is 0 Å². The topological polar surface area (TPSA) is 133 Å². The number of nitrogens with one attached hydrogen (secondary N) is 1. The van der Waals surface area contributed by atoms with Crippen LogP contribution in [0.1, 0.15) is 44.9 Å². The summed E-state index contributed by atoms with van der Waals surface area (Å²) < 4.78 is 3.68. The molecule has 0 amide bonds. The highest BCUT2D eigenvalue weighted by molar-refractivity contribution is 5.67. The van der Waals surface area contributed by atoms with Crippen molar-refractivity contribution in [3.63, 3.8) is 0 Å². The van der Waals surface area contributed by atoms with E-state index in [0.717, 1.165) is 35.7 Å². The summed E-state index contributed by atoms with van der Waals surface area (Å²) in [6, 6.07) is 9.26. The molecule has 0 fully saturated rings. The number of H-pyrrole nitrogens is 1. The zero-order valence-electron chi connectivity index (χ0n) is 19.1. The molecule has 3 aromatic heterocycles. The van der Waals surface area contributed by atoms with Crippen LogP contribution in [0, 0.1) is 22.0 Å². The Morgan fingerprint density at radius 3 is 2.39 bits per heavy atom. The lowest BCUT2D eigenvalue weighted by molar-refractivity contribution is -0.384. The third-order valence-electron chi connectivity index (χ3n) is 5.15. The molecule has 4 rings (SSSR count). The summed E-state index contributed by atoms with van der Waals surface area (Å²) in [4.78, 5) is 15.8. The first-order chi connectivity index (χ1) is 15.8. The van der Waals surface area contributed by atoms with Crippen molar-refractivity contribution < 1.29 is 4.92 Å². The summed E-state index contributed by atoms with van der Waals surface area (Å²) in [6.07, 6.45) is 3.36. The standard InChI is InChI=1S/C22H27N9O2/c1-14(2)11-19-23-20(12-15(3)4)30(26-19)13-16-5-7-17(8-6-16)29-10-9-18(31(32)33)21(29)22-24-27-28-25-22/h5-10,14-15H,11-13H2,1-4H3,(H,24,25,27,28). The number of aromatic nitrogens is 8. The maximum atomic E-state index is 11.5. The van der Waals surface area contributed by atoms with E-state index in [9.17, 15) is 10.1 Å². The van der Waals surface area contributed by atoms with Gasteiger partial charge in [0.2, 0.25) is 5.82 Å². The van der Waals surface area contributed by atoms with E-state index in [0.29, 0.717) is 24.1 Å². The van der Waals surface area contributed by atoms with Crippen molar-refractivity contribution in [3.05, 3.63) is 63.9 Å². The van der Waals surface area contributed by atoms with Crippen LogP contribution >= 0.6 is 0 Å². The van der Waals surface area contributed by atoms with Gasteiger partial charge in [-0.3, -0.25) is 10.1 Å². The fourth-order valence-corrected chi connectivity index (χ4v) is 3.73. The smallest absolute Gasteiger partial charge is 0.298 e. The number of hydrogen-bond acceptors (Lipinski definition) is 7. The van der Waals surface area contributed by atoms with Crippen LogP contribution in [0.4, 0.5) is 5.69 Å². The first-order valence-corrected chi connectivity index (χ1v) is 10.9. The molecule has 0 bridgehead atoms. The van der Waals surface area contributed by atoms with Crippen molar-refractivity contribution in [3.8, 4) is 17.2 Å². The minimum atomic E-state index is -0.446. The second-order valence-corrected chi connectivity index (χ2v) is 8.89. The monoisotopic (exact) mass is 449 g/mol. The van der Waals surface area contributed by atoms with E-state index in [-0.39, 0.29) is 11.5 Å². The van der Waals surface area contributed by atoms with Crippen LogP contribution in [0.3, 0.4) is 0 Å². The highest BCUT2D eigenvalue weighted by atomic mass is 16.6. The molecular formula is C22H27N9O2. The third-order valence-corrected chi connectivity index (χ3v) is 5.15. The molecular weight excluding hydrogens is 422 g/mol. The van der Waals surface area contributed by atoms with Gasteiger partial charge in [0, 0.05) is 30.8 Å². The number of nitro groups is 1. The van der Waals surface area contributed by atoms with Gasteiger partial charge in [-0.25, -0.2) is 14.8 Å². The summed E-state index contributed by atoms with van der Waals surface area (Å²) in [5, 5.41) is 29.8. The molecule has 3 heterocycles. The van der Waals surface area contributed by atoms with Crippen LogP contribution in [0.25, 0.3) is 17.2 Å². The summed E-state index contributed by atoms with van der Waals surface area (Å²) in [7, 11) is 0. The summed E-state index contributed by atoms with van der Waals surface area (Å²) >= 11 is 0. The number of tetrazole rings is 1. The average molecular weight is 450 g/mol. The van der Waals surface area contributed by atoms with E-state index in [1.807, 2.05) is 28.9 Å². The van der Waals surface area contributed by atoms with E-state index in [2.05, 4.69) is 48.3 Å². The molecule has 0 aliphatic rings. The van der Waals surface area contributed by atoms with Crippen molar-refractivity contribution in [2.24, 2.45) is 11.8 Å². The van der Waals surface area contributed by atoms with Crippen molar-refractivity contribution in [2.75, 3.05) is 0 Å². The second-order valence-electron chi connectivity index (χ2n) is 8.89. The fraction of sp³-hybridized carbons (Fsp3) is 0.409. The highest BCUT2D eigenvalue weighted by Gasteiger charge is 2.24. The van der Waals surface area contributed by atoms with Crippen LogP contribution in [0.15, 0.2) is 36.5 Å². The lowest BCUT2D eigenvalue weighted by atomic mass is 10.1. The van der Waals surface area contributed by atoms with Gasteiger partial charge >= 0.3 is 0 Å². The van der Waals surface area contributed by atoms with Gasteiger partial charge in [-0.05, 0) is 40.0 Å². The Labute approximate surface area is 191 Å². The van der Waals surface area contributed by atoms with Gasteiger partial charge in [0.25, 0.3) is 5.69 Å². The molecule has 0 aliphatic heterocycles. The van der Waals surface area contributed by atoms with Crippen LogP contribution in [0.5, 0.6) is 0 Å². The van der Waals surface area contributed by atoms with Gasteiger partial charge in [-0.15, -0.1) is 5.10 Å². The Morgan fingerprint density at radius 1 is 1.06 bits per heavy atom. The van der Waals surface area contributed by atoms with Crippen LogP contribution in [-0.4, -0.2) is 44.9 Å². The quantitative estimate of drug-likeness (QED) is 0.305. The zero-order valence-corrected chi connectivity index (χ0v) is 19.1. The lowest BCUT2D eigenvalue weighted by Gasteiger charge is -2.10. The molecule has 11 heteroatoms.